The van der Waals surface area contributed by atoms with Crippen LogP contribution in [0.15, 0.2) is 55.0 Å². The number of fused-ring (bicyclic) bond motifs is 1. The van der Waals surface area contributed by atoms with E-state index in [-0.39, 0.29) is 6.10 Å². The molecule has 2 aromatic carbocycles. The van der Waals surface area contributed by atoms with Crippen LogP contribution in [-0.2, 0) is 0 Å². The predicted octanol–water partition coefficient (Wildman–Crippen LogP) is 5.73. The Bertz CT molecular complexity index is 1570. The summed E-state index contributed by atoms with van der Waals surface area (Å²) in [7, 11) is 1.58. The number of rotatable bonds is 7. The van der Waals surface area contributed by atoms with Gasteiger partial charge < -0.3 is 29.9 Å². The van der Waals surface area contributed by atoms with Gasteiger partial charge in [-0.2, -0.15) is 0 Å². The number of amides is 2. The van der Waals surface area contributed by atoms with E-state index in [1.54, 1.807) is 13.3 Å². The van der Waals surface area contributed by atoms with Gasteiger partial charge in [0.25, 0.3) is 0 Å². The standard InChI is InChI=1S/C30H31F2N7O3/c1-41-26-15-19(36-29-21-16-27(38-11-2-3-12-38)33-17-24(21)34-18-35-29)7-8-25(26)42-20-9-13-39(14-10-20)30(40)37-28-22(31)5-4-6-23(28)32/h4-8,15-18,20H,2-3,9-14H2,1H3,(H,37,40)(H,34,35,36). The van der Waals surface area contributed by atoms with E-state index in [0.717, 1.165) is 60.5 Å². The summed E-state index contributed by atoms with van der Waals surface area (Å²) in [5.41, 5.74) is 1.07. The number of anilines is 4. The Labute approximate surface area is 241 Å². The van der Waals surface area contributed by atoms with Crippen LogP contribution in [0.3, 0.4) is 0 Å². The van der Waals surface area contributed by atoms with Crippen LogP contribution in [0.1, 0.15) is 25.7 Å². The van der Waals surface area contributed by atoms with Gasteiger partial charge in [-0.1, -0.05) is 6.07 Å². The Morgan fingerprint density at radius 2 is 1.71 bits per heavy atom. The van der Waals surface area contributed by atoms with Gasteiger partial charge >= 0.3 is 6.03 Å². The fraction of sp³-hybridized carbons (Fsp3) is 0.333. The summed E-state index contributed by atoms with van der Waals surface area (Å²) in [4.78, 5) is 29.8. The highest BCUT2D eigenvalue weighted by molar-refractivity contribution is 5.92. The molecule has 2 N–H and O–H groups in total. The van der Waals surface area contributed by atoms with E-state index in [2.05, 4.69) is 30.5 Å². The number of hydrogen-bond acceptors (Lipinski definition) is 8. The summed E-state index contributed by atoms with van der Waals surface area (Å²) in [6.07, 6.45) is 6.56. The van der Waals surface area contributed by atoms with Crippen LogP contribution in [0.4, 0.5) is 36.6 Å². The SMILES string of the molecule is COc1cc(Nc2ncnc3cnc(N4CCCC4)cc23)ccc1OC1CCN(C(=O)Nc2c(F)cccc2F)CC1. The van der Waals surface area contributed by atoms with Crippen molar-refractivity contribution in [2.75, 3.05) is 48.8 Å². The molecule has 0 unspecified atom stereocenters. The molecule has 0 spiro atoms. The number of methoxy groups -OCH3 is 1. The molecule has 0 atom stereocenters. The van der Waals surface area contributed by atoms with Crippen molar-refractivity contribution in [3.05, 3.63) is 66.6 Å². The molecule has 12 heteroatoms. The first-order valence-electron chi connectivity index (χ1n) is 14.0. The number of likely N-dealkylation sites (tertiary alicyclic amines) is 1. The van der Waals surface area contributed by atoms with E-state index in [4.69, 9.17) is 9.47 Å². The van der Waals surface area contributed by atoms with E-state index in [0.29, 0.717) is 43.2 Å². The third kappa shape index (κ3) is 5.83. The summed E-state index contributed by atoms with van der Waals surface area (Å²) in [6, 6.07) is 10.5. The van der Waals surface area contributed by atoms with Gasteiger partial charge in [-0.15, -0.1) is 0 Å². The topological polar surface area (TPSA) is 105 Å². The number of carbonyl (C=O) groups excluding carboxylic acids is 1. The molecule has 42 heavy (non-hydrogen) atoms. The number of nitrogens with one attached hydrogen (secondary N) is 2. The molecule has 0 radical (unpaired) electrons. The number of para-hydroxylation sites is 1. The fourth-order valence-corrected chi connectivity index (χ4v) is 5.31. The highest BCUT2D eigenvalue weighted by Crippen LogP contribution is 2.35. The van der Waals surface area contributed by atoms with Crippen LogP contribution >= 0.6 is 0 Å². The summed E-state index contributed by atoms with van der Waals surface area (Å²) in [5.74, 6) is 1.08. The zero-order valence-corrected chi connectivity index (χ0v) is 23.1. The number of carbonyl (C=O) groups is 1. The average Bonchev–Trinajstić information content (AvgIpc) is 3.55. The number of hydrogen-bond donors (Lipinski definition) is 2. The van der Waals surface area contributed by atoms with E-state index in [9.17, 15) is 13.6 Å². The predicted molar refractivity (Wildman–Crippen MR) is 156 cm³/mol. The second-order valence-electron chi connectivity index (χ2n) is 10.3. The summed E-state index contributed by atoms with van der Waals surface area (Å²) in [6.45, 7) is 2.74. The molecule has 2 aliphatic heterocycles. The molecule has 2 saturated heterocycles. The summed E-state index contributed by atoms with van der Waals surface area (Å²) < 4.78 is 39.7. The van der Waals surface area contributed by atoms with Crippen molar-refractivity contribution in [1.82, 2.24) is 19.9 Å². The van der Waals surface area contributed by atoms with E-state index >= 15 is 0 Å². The molecule has 218 valence electrons. The lowest BCUT2D eigenvalue weighted by Crippen LogP contribution is -2.44. The summed E-state index contributed by atoms with van der Waals surface area (Å²) in [5, 5.41) is 6.60. The lowest BCUT2D eigenvalue weighted by atomic mass is 10.1. The van der Waals surface area contributed by atoms with Crippen molar-refractivity contribution in [2.45, 2.75) is 31.8 Å². The van der Waals surface area contributed by atoms with Gasteiger partial charge in [-0.05, 0) is 43.2 Å². The minimum absolute atomic E-state index is 0.158. The van der Waals surface area contributed by atoms with Gasteiger partial charge in [0.05, 0.1) is 18.8 Å². The number of aromatic nitrogens is 3. The number of benzene rings is 2. The number of urea groups is 1. The molecular formula is C30H31F2N7O3. The van der Waals surface area contributed by atoms with Crippen molar-refractivity contribution < 1.29 is 23.0 Å². The first-order chi connectivity index (χ1) is 20.5. The maximum absolute atomic E-state index is 13.9. The molecule has 6 rings (SSSR count). The van der Waals surface area contributed by atoms with E-state index < -0.39 is 23.4 Å². The maximum Gasteiger partial charge on any atom is 0.322 e. The van der Waals surface area contributed by atoms with Crippen molar-refractivity contribution in [3.8, 4) is 11.5 Å². The van der Waals surface area contributed by atoms with E-state index in [1.807, 2.05) is 24.3 Å². The van der Waals surface area contributed by atoms with Gasteiger partial charge in [0.1, 0.15) is 41.4 Å². The van der Waals surface area contributed by atoms with Crippen molar-refractivity contribution in [3.63, 3.8) is 0 Å². The van der Waals surface area contributed by atoms with Gasteiger partial charge in [-0.3, -0.25) is 0 Å². The molecular weight excluding hydrogens is 544 g/mol. The average molecular weight is 576 g/mol. The lowest BCUT2D eigenvalue weighted by molar-refractivity contribution is 0.112. The highest BCUT2D eigenvalue weighted by atomic mass is 19.1. The second kappa shape index (κ2) is 12.0. The Morgan fingerprint density at radius 3 is 2.45 bits per heavy atom. The van der Waals surface area contributed by atoms with Crippen molar-refractivity contribution in [1.29, 1.82) is 0 Å². The van der Waals surface area contributed by atoms with Gasteiger partial charge in [-0.25, -0.2) is 28.5 Å². The number of piperidine rings is 1. The van der Waals surface area contributed by atoms with Crippen LogP contribution in [0, 0.1) is 11.6 Å². The monoisotopic (exact) mass is 575 g/mol. The van der Waals surface area contributed by atoms with Gasteiger partial charge in [0.2, 0.25) is 0 Å². The fourth-order valence-electron chi connectivity index (χ4n) is 5.31. The number of nitrogens with zero attached hydrogens (tertiary/aromatic N) is 5. The number of halogens is 2. The molecule has 2 aromatic heterocycles. The minimum Gasteiger partial charge on any atom is -0.493 e. The summed E-state index contributed by atoms with van der Waals surface area (Å²) >= 11 is 0. The third-order valence-corrected chi connectivity index (χ3v) is 7.58. The normalized spacial score (nSPS) is 15.6. The van der Waals surface area contributed by atoms with Crippen LogP contribution in [-0.4, -0.2) is 65.3 Å². The zero-order valence-electron chi connectivity index (χ0n) is 23.1. The highest BCUT2D eigenvalue weighted by Gasteiger charge is 2.26. The molecule has 0 aliphatic carbocycles. The first kappa shape index (κ1) is 27.4. The Hall–Kier alpha value is -4.74. The quantitative estimate of drug-likeness (QED) is 0.288. The molecule has 4 aromatic rings. The molecule has 4 heterocycles. The number of pyridine rings is 1. The largest absolute Gasteiger partial charge is 0.493 e. The number of ether oxygens (including phenoxy) is 2. The lowest BCUT2D eigenvalue weighted by Gasteiger charge is -2.32. The van der Waals surface area contributed by atoms with Crippen LogP contribution in [0.5, 0.6) is 11.5 Å². The molecule has 0 bridgehead atoms. The molecule has 2 amide bonds. The maximum atomic E-state index is 13.9. The molecule has 0 saturated carbocycles. The first-order valence-corrected chi connectivity index (χ1v) is 14.0. The van der Waals surface area contributed by atoms with Crippen LogP contribution < -0.4 is 25.0 Å². The Kier molecular flexibility index (Phi) is 7.85. The molecule has 2 fully saturated rings. The van der Waals surface area contributed by atoms with Gasteiger partial charge in [0, 0.05) is 56.2 Å². The minimum atomic E-state index is -0.816. The van der Waals surface area contributed by atoms with Gasteiger partial charge in [0.15, 0.2) is 11.5 Å². The van der Waals surface area contributed by atoms with Crippen LogP contribution in [0.25, 0.3) is 10.9 Å². The van der Waals surface area contributed by atoms with E-state index in [1.165, 1.54) is 17.3 Å². The smallest absolute Gasteiger partial charge is 0.322 e. The van der Waals surface area contributed by atoms with Crippen LogP contribution in [0.2, 0.25) is 0 Å². The third-order valence-electron chi connectivity index (χ3n) is 7.58. The zero-order chi connectivity index (χ0) is 29.1. The second-order valence-corrected chi connectivity index (χ2v) is 10.3. The Morgan fingerprint density at radius 1 is 0.952 bits per heavy atom. The Balaban J connectivity index is 1.10. The molecule has 2 aliphatic rings. The van der Waals surface area contributed by atoms with Crippen molar-refractivity contribution >= 4 is 39.9 Å². The van der Waals surface area contributed by atoms with Crippen molar-refractivity contribution in [2.24, 2.45) is 0 Å². The molecule has 10 nitrogen and oxygen atoms in total.